The summed E-state index contributed by atoms with van der Waals surface area (Å²) in [7, 11) is 2.11. The molecule has 1 N–H and O–H groups in total. The first-order valence-electron chi connectivity index (χ1n) is 8.11. The van der Waals surface area contributed by atoms with Crippen molar-refractivity contribution in [3.8, 4) is 0 Å². The SMILES string of the molecule is CCCN(C(C)C)C1CC(C)c2ccccc2C1NC. The summed E-state index contributed by atoms with van der Waals surface area (Å²) >= 11 is 0. The Bertz CT molecular complexity index is 427. The normalized spacial score (nSPS) is 26.1. The van der Waals surface area contributed by atoms with E-state index in [2.05, 4.69) is 69.2 Å². The molecule has 1 aromatic rings. The van der Waals surface area contributed by atoms with Crippen molar-refractivity contribution < 1.29 is 0 Å². The van der Waals surface area contributed by atoms with Gasteiger partial charge in [-0.05, 0) is 57.3 Å². The van der Waals surface area contributed by atoms with E-state index in [1.807, 2.05) is 0 Å². The van der Waals surface area contributed by atoms with Gasteiger partial charge >= 0.3 is 0 Å². The minimum atomic E-state index is 0.455. The minimum absolute atomic E-state index is 0.455. The van der Waals surface area contributed by atoms with Gasteiger partial charge in [0.25, 0.3) is 0 Å². The number of benzene rings is 1. The maximum absolute atomic E-state index is 3.58. The van der Waals surface area contributed by atoms with Crippen molar-refractivity contribution in [3.05, 3.63) is 35.4 Å². The van der Waals surface area contributed by atoms with Gasteiger partial charge in [-0.15, -0.1) is 0 Å². The third-order valence-electron chi connectivity index (χ3n) is 4.72. The van der Waals surface area contributed by atoms with E-state index < -0.39 is 0 Å². The van der Waals surface area contributed by atoms with Crippen molar-refractivity contribution in [2.24, 2.45) is 0 Å². The van der Waals surface area contributed by atoms with Crippen LogP contribution in [-0.2, 0) is 0 Å². The second kappa shape index (κ2) is 6.73. The van der Waals surface area contributed by atoms with Crippen LogP contribution in [0.25, 0.3) is 0 Å². The molecule has 1 aliphatic carbocycles. The summed E-state index contributed by atoms with van der Waals surface area (Å²) in [6, 6.07) is 10.6. The molecule has 0 saturated heterocycles. The molecule has 2 heteroatoms. The Hall–Kier alpha value is -0.860. The largest absolute Gasteiger partial charge is 0.312 e. The van der Waals surface area contributed by atoms with Crippen LogP contribution in [0.2, 0.25) is 0 Å². The Labute approximate surface area is 124 Å². The third-order valence-corrected chi connectivity index (χ3v) is 4.72. The van der Waals surface area contributed by atoms with E-state index in [0.717, 1.165) is 0 Å². The summed E-state index contributed by atoms with van der Waals surface area (Å²) in [6.07, 6.45) is 2.47. The van der Waals surface area contributed by atoms with Crippen LogP contribution in [0.3, 0.4) is 0 Å². The van der Waals surface area contributed by atoms with E-state index in [-0.39, 0.29) is 0 Å². The zero-order valence-electron chi connectivity index (χ0n) is 13.7. The molecular formula is C18H30N2. The lowest BCUT2D eigenvalue weighted by Crippen LogP contribution is -2.50. The molecule has 1 aliphatic rings. The topological polar surface area (TPSA) is 15.3 Å². The number of hydrogen-bond acceptors (Lipinski definition) is 2. The lowest BCUT2D eigenvalue weighted by molar-refractivity contribution is 0.103. The van der Waals surface area contributed by atoms with Crippen LogP contribution in [0.1, 0.15) is 63.6 Å². The van der Waals surface area contributed by atoms with Gasteiger partial charge in [0.15, 0.2) is 0 Å². The Morgan fingerprint density at radius 1 is 1.25 bits per heavy atom. The number of hydrogen-bond donors (Lipinski definition) is 1. The van der Waals surface area contributed by atoms with Crippen LogP contribution in [0.4, 0.5) is 0 Å². The Balaban J connectivity index is 2.35. The maximum Gasteiger partial charge on any atom is 0.0478 e. The highest BCUT2D eigenvalue weighted by atomic mass is 15.2. The zero-order valence-corrected chi connectivity index (χ0v) is 13.7. The number of nitrogens with one attached hydrogen (secondary N) is 1. The van der Waals surface area contributed by atoms with Crippen molar-refractivity contribution in [2.75, 3.05) is 13.6 Å². The smallest absolute Gasteiger partial charge is 0.0478 e. The van der Waals surface area contributed by atoms with Gasteiger partial charge in [-0.1, -0.05) is 38.1 Å². The molecule has 2 rings (SSSR count). The van der Waals surface area contributed by atoms with Gasteiger partial charge in [0.05, 0.1) is 0 Å². The van der Waals surface area contributed by atoms with Crippen LogP contribution < -0.4 is 5.32 Å². The molecule has 0 heterocycles. The van der Waals surface area contributed by atoms with Gasteiger partial charge in [0.1, 0.15) is 0 Å². The van der Waals surface area contributed by atoms with Crippen molar-refractivity contribution >= 4 is 0 Å². The van der Waals surface area contributed by atoms with Gasteiger partial charge in [-0.25, -0.2) is 0 Å². The molecule has 0 bridgehead atoms. The summed E-state index contributed by atoms with van der Waals surface area (Å²) in [5.41, 5.74) is 3.03. The fraction of sp³-hybridized carbons (Fsp3) is 0.667. The molecule has 0 saturated carbocycles. The summed E-state index contributed by atoms with van der Waals surface area (Å²) in [6.45, 7) is 10.5. The molecule has 0 aromatic heterocycles. The average Bonchev–Trinajstić information content (AvgIpc) is 2.44. The molecule has 1 aromatic carbocycles. The van der Waals surface area contributed by atoms with Crippen LogP contribution in [-0.4, -0.2) is 30.6 Å². The van der Waals surface area contributed by atoms with E-state index in [9.17, 15) is 0 Å². The molecule has 112 valence electrons. The lowest BCUT2D eigenvalue weighted by atomic mass is 9.77. The highest BCUT2D eigenvalue weighted by Gasteiger charge is 2.36. The maximum atomic E-state index is 3.58. The van der Waals surface area contributed by atoms with Crippen molar-refractivity contribution in [1.29, 1.82) is 0 Å². The van der Waals surface area contributed by atoms with E-state index >= 15 is 0 Å². The number of likely N-dealkylation sites (N-methyl/N-ethyl adjacent to an activating group) is 1. The van der Waals surface area contributed by atoms with Crippen LogP contribution in [0.15, 0.2) is 24.3 Å². The first-order chi connectivity index (χ1) is 9.60. The summed E-state index contributed by atoms with van der Waals surface area (Å²) < 4.78 is 0. The van der Waals surface area contributed by atoms with Gasteiger partial charge in [-0.3, -0.25) is 4.90 Å². The van der Waals surface area contributed by atoms with E-state index in [1.165, 1.54) is 30.5 Å². The molecule has 3 unspecified atom stereocenters. The molecule has 0 amide bonds. The molecule has 2 nitrogen and oxygen atoms in total. The minimum Gasteiger partial charge on any atom is -0.312 e. The highest BCUT2D eigenvalue weighted by molar-refractivity contribution is 5.36. The highest BCUT2D eigenvalue weighted by Crippen LogP contribution is 2.40. The zero-order chi connectivity index (χ0) is 14.7. The molecule has 3 atom stereocenters. The third kappa shape index (κ3) is 2.91. The fourth-order valence-electron chi connectivity index (χ4n) is 3.82. The molecule has 0 radical (unpaired) electrons. The molecular weight excluding hydrogens is 244 g/mol. The van der Waals surface area contributed by atoms with E-state index in [1.54, 1.807) is 0 Å². The quantitative estimate of drug-likeness (QED) is 0.875. The van der Waals surface area contributed by atoms with Crippen LogP contribution in [0, 0.1) is 0 Å². The summed E-state index contributed by atoms with van der Waals surface area (Å²) in [5.74, 6) is 0.652. The van der Waals surface area contributed by atoms with Gasteiger partial charge in [0, 0.05) is 18.1 Å². The second-order valence-electron chi connectivity index (χ2n) is 6.43. The first-order valence-corrected chi connectivity index (χ1v) is 8.11. The molecule has 0 aliphatic heterocycles. The number of rotatable bonds is 5. The van der Waals surface area contributed by atoms with Crippen molar-refractivity contribution in [1.82, 2.24) is 10.2 Å². The lowest BCUT2D eigenvalue weighted by Gasteiger charge is -2.45. The molecule has 0 fully saturated rings. The van der Waals surface area contributed by atoms with E-state index in [4.69, 9.17) is 0 Å². The van der Waals surface area contributed by atoms with Gasteiger partial charge in [-0.2, -0.15) is 0 Å². The summed E-state index contributed by atoms with van der Waals surface area (Å²) in [4.78, 5) is 2.69. The number of fused-ring (bicyclic) bond motifs is 1. The van der Waals surface area contributed by atoms with Gasteiger partial charge in [0.2, 0.25) is 0 Å². The fourth-order valence-corrected chi connectivity index (χ4v) is 3.82. The van der Waals surface area contributed by atoms with Crippen LogP contribution >= 0.6 is 0 Å². The summed E-state index contributed by atoms with van der Waals surface area (Å²) in [5, 5.41) is 3.58. The van der Waals surface area contributed by atoms with Crippen molar-refractivity contribution in [2.45, 2.75) is 64.6 Å². The number of nitrogens with zero attached hydrogens (tertiary/aromatic N) is 1. The predicted octanol–water partition coefficient (Wildman–Crippen LogP) is 3.94. The van der Waals surface area contributed by atoms with E-state index in [0.29, 0.717) is 24.0 Å². The average molecular weight is 274 g/mol. The standard InChI is InChI=1S/C18H30N2/c1-6-11-20(13(2)3)17-12-14(4)15-9-7-8-10-16(15)18(17)19-5/h7-10,13-14,17-19H,6,11-12H2,1-5H3. The molecule has 20 heavy (non-hydrogen) atoms. The predicted molar refractivity (Wildman–Crippen MR) is 87.2 cm³/mol. The molecule has 0 spiro atoms. The Kier molecular flexibility index (Phi) is 5.22. The first kappa shape index (κ1) is 15.5. The van der Waals surface area contributed by atoms with Crippen LogP contribution in [0.5, 0.6) is 0 Å². The monoisotopic (exact) mass is 274 g/mol. The Morgan fingerprint density at radius 3 is 2.45 bits per heavy atom. The Morgan fingerprint density at radius 2 is 1.90 bits per heavy atom. The second-order valence-corrected chi connectivity index (χ2v) is 6.43. The van der Waals surface area contributed by atoms with Crippen molar-refractivity contribution in [3.63, 3.8) is 0 Å². The van der Waals surface area contributed by atoms with Gasteiger partial charge < -0.3 is 5.32 Å².